The van der Waals surface area contributed by atoms with E-state index in [-0.39, 0.29) is 17.5 Å². The van der Waals surface area contributed by atoms with E-state index in [0.717, 1.165) is 73.5 Å². The SMILES string of the molecule is CC(C)(C)c1cc(-c2ccccc2)c(N2c3cc(-c4c5ccccc5c(N(c5ccccc5)c5ccccc5)c5ccccc45)ccc3B3c4ccc(-n5c6ccccc6c6ccccc65)cc4Oc4cc(C(C)(C)C)cc2c43)c(-c2ccccc2)c1. The Labute approximate surface area is 509 Å². The number of ether oxygens (including phenoxy) is 1. The van der Waals surface area contributed by atoms with Gasteiger partial charge in [-0.25, -0.2) is 0 Å². The number of para-hydroxylation sites is 4. The summed E-state index contributed by atoms with van der Waals surface area (Å²) in [5.74, 6) is 1.75. The zero-order valence-corrected chi connectivity index (χ0v) is 49.9. The summed E-state index contributed by atoms with van der Waals surface area (Å²) in [7, 11) is 0. The van der Waals surface area contributed by atoms with Gasteiger partial charge in [0.2, 0.25) is 0 Å². The molecule has 0 amide bonds. The molecule has 0 radical (unpaired) electrons. The van der Waals surface area contributed by atoms with Crippen molar-refractivity contribution >= 4 is 101 Å². The van der Waals surface area contributed by atoms with E-state index >= 15 is 0 Å². The number of aromatic nitrogens is 1. The van der Waals surface area contributed by atoms with Gasteiger partial charge in [-0.05, 0) is 144 Å². The second kappa shape index (κ2) is 20.1. The van der Waals surface area contributed by atoms with Crippen molar-refractivity contribution < 1.29 is 4.74 Å². The Morgan fingerprint density at radius 2 is 0.828 bits per heavy atom. The molecule has 0 unspecified atom stereocenters. The number of fused-ring (bicyclic) bond motifs is 9. The number of hydrogen-bond acceptors (Lipinski definition) is 3. The third-order valence-electron chi connectivity index (χ3n) is 18.3. The summed E-state index contributed by atoms with van der Waals surface area (Å²) in [5, 5.41) is 7.17. The van der Waals surface area contributed by atoms with Crippen LogP contribution in [0.5, 0.6) is 11.5 Å². The van der Waals surface area contributed by atoms with E-state index in [1.54, 1.807) is 0 Å². The normalized spacial score (nSPS) is 12.8. The molecule has 0 spiro atoms. The van der Waals surface area contributed by atoms with Crippen LogP contribution in [-0.2, 0) is 10.8 Å². The van der Waals surface area contributed by atoms with Gasteiger partial charge in [0.15, 0.2) is 0 Å². The van der Waals surface area contributed by atoms with E-state index < -0.39 is 0 Å². The van der Waals surface area contributed by atoms with E-state index in [0.29, 0.717) is 0 Å². The molecule has 0 N–H and O–H groups in total. The Bertz CT molecular complexity index is 4830. The van der Waals surface area contributed by atoms with Crippen molar-refractivity contribution in [3.8, 4) is 50.6 Å². The van der Waals surface area contributed by atoms with Crippen LogP contribution in [0.3, 0.4) is 0 Å². The van der Waals surface area contributed by atoms with Crippen LogP contribution in [0, 0.1) is 0 Å². The lowest BCUT2D eigenvalue weighted by Crippen LogP contribution is -2.59. The number of nitrogens with zero attached hydrogens (tertiary/aromatic N) is 3. The monoisotopic (exact) mass is 1120 g/mol. The topological polar surface area (TPSA) is 20.6 Å². The van der Waals surface area contributed by atoms with Gasteiger partial charge >= 0.3 is 0 Å². The van der Waals surface area contributed by atoms with Crippen molar-refractivity contribution in [2.75, 3.05) is 9.80 Å². The highest BCUT2D eigenvalue weighted by molar-refractivity contribution is 6.99. The van der Waals surface area contributed by atoms with Gasteiger partial charge in [0.1, 0.15) is 11.5 Å². The molecule has 416 valence electrons. The molecule has 2 aliphatic heterocycles. The maximum Gasteiger partial charge on any atom is 0.256 e. The molecule has 0 saturated carbocycles. The van der Waals surface area contributed by atoms with Gasteiger partial charge in [-0.15, -0.1) is 0 Å². The maximum absolute atomic E-state index is 7.56. The second-order valence-corrected chi connectivity index (χ2v) is 25.6. The van der Waals surface area contributed by atoms with E-state index in [2.05, 4.69) is 335 Å². The maximum atomic E-state index is 7.56. The summed E-state index contributed by atoms with van der Waals surface area (Å²) in [6.07, 6.45) is 0. The third-order valence-corrected chi connectivity index (χ3v) is 18.3. The quantitative estimate of drug-likeness (QED) is 0.112. The molecule has 14 aromatic rings. The fourth-order valence-corrected chi connectivity index (χ4v) is 14.1. The Morgan fingerprint density at radius 1 is 0.368 bits per heavy atom. The molecule has 0 bridgehead atoms. The first-order valence-corrected chi connectivity index (χ1v) is 30.5. The first-order valence-electron chi connectivity index (χ1n) is 30.5. The van der Waals surface area contributed by atoms with Crippen molar-refractivity contribution in [1.82, 2.24) is 4.57 Å². The number of rotatable bonds is 8. The molecular weight excluding hydrogens is 1050 g/mol. The lowest BCUT2D eigenvalue weighted by molar-refractivity contribution is 0.483. The summed E-state index contributed by atoms with van der Waals surface area (Å²) in [6.45, 7) is 13.8. The third kappa shape index (κ3) is 8.50. The number of hydrogen-bond donors (Lipinski definition) is 0. The zero-order valence-electron chi connectivity index (χ0n) is 49.9. The van der Waals surface area contributed by atoms with Crippen LogP contribution in [0.1, 0.15) is 52.7 Å². The molecule has 16 rings (SSSR count). The zero-order chi connectivity index (χ0) is 58.7. The van der Waals surface area contributed by atoms with Gasteiger partial charge in [0.05, 0.1) is 22.4 Å². The van der Waals surface area contributed by atoms with Crippen LogP contribution >= 0.6 is 0 Å². The fourth-order valence-electron chi connectivity index (χ4n) is 14.1. The molecule has 0 atom stereocenters. The minimum atomic E-state index is -0.239. The predicted molar refractivity (Wildman–Crippen MR) is 370 cm³/mol. The highest BCUT2D eigenvalue weighted by Gasteiger charge is 2.44. The van der Waals surface area contributed by atoms with Crippen molar-refractivity contribution in [3.05, 3.63) is 290 Å². The van der Waals surface area contributed by atoms with Crippen LogP contribution < -0.4 is 30.9 Å². The molecule has 3 heterocycles. The summed E-state index contributed by atoms with van der Waals surface area (Å²) < 4.78 is 9.96. The molecule has 0 fully saturated rings. The Balaban J connectivity index is 1.02. The standard InChI is InChI=1S/C82H64BN3O/c1-81(2,3)56-48-67(53-27-11-7-12-28-53)80(68(49-56)54-29-13-8-14-30-54)86-73-47-55(77-63-37-19-21-39-65(63)79(66-40-22-20-38-64(66)77)84(58-31-15-9-16-32-58)59-33-17-10-18-34-59)43-45-69(73)83-70-46-44-60(85-71-41-25-23-35-61(71)62-36-24-26-42-72(62)85)52-75(70)87-76-51-57(82(4,5)6)50-74(86)78(76)83/h7-52H,1-6H3. The fraction of sp³-hybridized carbons (Fsp3) is 0.0976. The summed E-state index contributed by atoms with van der Waals surface area (Å²) >= 11 is 0. The van der Waals surface area contributed by atoms with E-state index in [1.165, 1.54) is 82.1 Å². The molecule has 13 aromatic carbocycles. The van der Waals surface area contributed by atoms with Crippen molar-refractivity contribution in [2.45, 2.75) is 52.4 Å². The molecule has 0 saturated heterocycles. The average molecular weight is 1120 g/mol. The van der Waals surface area contributed by atoms with Crippen molar-refractivity contribution in [1.29, 1.82) is 0 Å². The van der Waals surface area contributed by atoms with E-state index in [1.807, 2.05) is 0 Å². The van der Waals surface area contributed by atoms with E-state index in [4.69, 9.17) is 4.74 Å². The molecule has 0 aliphatic carbocycles. The lowest BCUT2D eigenvalue weighted by Gasteiger charge is -2.43. The first kappa shape index (κ1) is 52.2. The van der Waals surface area contributed by atoms with Gasteiger partial charge < -0.3 is 19.1 Å². The minimum absolute atomic E-state index is 0.157. The Kier molecular flexibility index (Phi) is 12.1. The molecule has 5 heteroatoms. The molecule has 87 heavy (non-hydrogen) atoms. The van der Waals surface area contributed by atoms with Crippen LogP contribution in [0.4, 0.5) is 34.1 Å². The number of benzene rings is 13. The number of anilines is 6. The minimum Gasteiger partial charge on any atom is -0.458 e. The second-order valence-electron chi connectivity index (χ2n) is 25.6. The van der Waals surface area contributed by atoms with Gasteiger partial charge in [-0.3, -0.25) is 0 Å². The van der Waals surface area contributed by atoms with Crippen LogP contribution in [0.25, 0.3) is 82.4 Å². The smallest absolute Gasteiger partial charge is 0.256 e. The molecular formula is C82H64BN3O. The predicted octanol–water partition coefficient (Wildman–Crippen LogP) is 20.6. The average Bonchev–Trinajstić information content (AvgIpc) is 1.43. The van der Waals surface area contributed by atoms with Crippen molar-refractivity contribution in [3.63, 3.8) is 0 Å². The Morgan fingerprint density at radius 3 is 1.36 bits per heavy atom. The van der Waals surface area contributed by atoms with E-state index in [9.17, 15) is 0 Å². The van der Waals surface area contributed by atoms with Gasteiger partial charge in [0, 0.05) is 67.2 Å². The summed E-state index contributed by atoms with van der Waals surface area (Å²) in [6, 6.07) is 104. The highest BCUT2D eigenvalue weighted by Crippen LogP contribution is 2.54. The summed E-state index contributed by atoms with van der Waals surface area (Å²) in [4.78, 5) is 5.09. The van der Waals surface area contributed by atoms with Crippen LogP contribution in [-0.4, -0.2) is 11.3 Å². The van der Waals surface area contributed by atoms with Crippen LogP contribution in [0.2, 0.25) is 0 Å². The largest absolute Gasteiger partial charge is 0.458 e. The molecule has 4 nitrogen and oxygen atoms in total. The van der Waals surface area contributed by atoms with Crippen LogP contribution in [0.15, 0.2) is 279 Å². The van der Waals surface area contributed by atoms with Crippen molar-refractivity contribution in [2.24, 2.45) is 0 Å². The lowest BCUT2D eigenvalue weighted by atomic mass is 9.34. The van der Waals surface area contributed by atoms with Gasteiger partial charge in [-0.1, -0.05) is 242 Å². The summed E-state index contributed by atoms with van der Waals surface area (Å²) in [5.41, 5.74) is 22.7. The molecule has 1 aromatic heterocycles. The molecule has 2 aliphatic rings. The Hall–Kier alpha value is -10.4. The van der Waals surface area contributed by atoms with Gasteiger partial charge in [-0.2, -0.15) is 0 Å². The van der Waals surface area contributed by atoms with Gasteiger partial charge in [0.25, 0.3) is 6.71 Å². The highest BCUT2D eigenvalue weighted by atomic mass is 16.5. The first-order chi connectivity index (χ1) is 42.5.